The molecule has 114 valence electrons. The van der Waals surface area contributed by atoms with E-state index in [-0.39, 0.29) is 17.2 Å². The molecule has 0 spiro atoms. The molecule has 1 aromatic rings. The van der Waals surface area contributed by atoms with Gasteiger partial charge in [-0.05, 0) is 12.8 Å². The fourth-order valence-electron chi connectivity index (χ4n) is 2.29. The number of ether oxygens (including phenoxy) is 2. The minimum absolute atomic E-state index is 0.00287. The second kappa shape index (κ2) is 5.99. The molecule has 0 bridgehead atoms. The predicted octanol–water partition coefficient (Wildman–Crippen LogP) is 1.89. The van der Waals surface area contributed by atoms with E-state index in [1.807, 2.05) is 0 Å². The molecule has 2 rings (SSSR count). The van der Waals surface area contributed by atoms with Gasteiger partial charge in [0.25, 0.3) is 0 Å². The van der Waals surface area contributed by atoms with E-state index in [1.54, 1.807) is 0 Å². The van der Waals surface area contributed by atoms with Crippen molar-refractivity contribution >= 4 is 17.6 Å². The van der Waals surface area contributed by atoms with Gasteiger partial charge in [0.1, 0.15) is 5.75 Å². The maximum absolute atomic E-state index is 13.7. The number of aliphatic carboxylic acids is 1. The van der Waals surface area contributed by atoms with Crippen molar-refractivity contribution in [2.75, 3.05) is 19.5 Å². The van der Waals surface area contributed by atoms with Crippen LogP contribution in [0.15, 0.2) is 12.1 Å². The second-order valence-electron chi connectivity index (χ2n) is 4.80. The van der Waals surface area contributed by atoms with E-state index in [1.165, 1.54) is 20.3 Å². The summed E-state index contributed by atoms with van der Waals surface area (Å²) < 4.78 is 23.6. The third-order valence-corrected chi connectivity index (χ3v) is 3.66. The lowest BCUT2D eigenvalue weighted by atomic mass is 9.73. The quantitative estimate of drug-likeness (QED) is 0.867. The van der Waals surface area contributed by atoms with Crippen LogP contribution < -0.4 is 14.8 Å². The average Bonchev–Trinajstić information content (AvgIpc) is 2.36. The minimum Gasteiger partial charge on any atom is -0.494 e. The summed E-state index contributed by atoms with van der Waals surface area (Å²) in [7, 11) is 2.70. The Morgan fingerprint density at radius 2 is 1.81 bits per heavy atom. The normalized spacial score (nSPS) is 20.3. The van der Waals surface area contributed by atoms with Crippen LogP contribution in [0.1, 0.15) is 12.8 Å². The van der Waals surface area contributed by atoms with Gasteiger partial charge in [0.15, 0.2) is 11.6 Å². The molecule has 1 amide bonds. The SMILES string of the molecule is COc1cc(OC)c(NC(=O)C2CCC2C(=O)O)cc1F. The van der Waals surface area contributed by atoms with Crippen LogP contribution in [0.5, 0.6) is 11.5 Å². The van der Waals surface area contributed by atoms with Crippen LogP contribution in [-0.4, -0.2) is 31.2 Å². The molecule has 21 heavy (non-hydrogen) atoms. The van der Waals surface area contributed by atoms with Crippen LogP contribution in [0.4, 0.5) is 10.1 Å². The first kappa shape index (κ1) is 15.1. The number of carbonyl (C=O) groups is 2. The van der Waals surface area contributed by atoms with Crippen LogP contribution in [0.3, 0.4) is 0 Å². The number of carboxylic acid groups (broad SMARTS) is 1. The maximum atomic E-state index is 13.7. The lowest BCUT2D eigenvalue weighted by Gasteiger charge is -2.32. The van der Waals surface area contributed by atoms with Crippen molar-refractivity contribution in [3.05, 3.63) is 17.9 Å². The number of methoxy groups -OCH3 is 2. The Morgan fingerprint density at radius 1 is 1.19 bits per heavy atom. The number of halogens is 1. The second-order valence-corrected chi connectivity index (χ2v) is 4.80. The Labute approximate surface area is 120 Å². The first-order valence-electron chi connectivity index (χ1n) is 6.43. The maximum Gasteiger partial charge on any atom is 0.307 e. The van der Waals surface area contributed by atoms with Crippen LogP contribution in [-0.2, 0) is 9.59 Å². The van der Waals surface area contributed by atoms with Gasteiger partial charge in [-0.2, -0.15) is 0 Å². The van der Waals surface area contributed by atoms with E-state index in [0.717, 1.165) is 6.07 Å². The largest absolute Gasteiger partial charge is 0.494 e. The van der Waals surface area contributed by atoms with Crippen molar-refractivity contribution < 1.29 is 28.6 Å². The third-order valence-electron chi connectivity index (χ3n) is 3.66. The fourth-order valence-corrected chi connectivity index (χ4v) is 2.29. The topological polar surface area (TPSA) is 84.9 Å². The molecule has 0 heterocycles. The number of amides is 1. The van der Waals surface area contributed by atoms with Gasteiger partial charge in [0.05, 0.1) is 31.7 Å². The van der Waals surface area contributed by atoms with Gasteiger partial charge in [-0.1, -0.05) is 0 Å². The van der Waals surface area contributed by atoms with Gasteiger partial charge in [0, 0.05) is 12.1 Å². The van der Waals surface area contributed by atoms with Crippen LogP contribution in [0, 0.1) is 17.7 Å². The molecule has 1 aliphatic rings. The number of nitrogens with one attached hydrogen (secondary N) is 1. The third kappa shape index (κ3) is 2.91. The lowest BCUT2D eigenvalue weighted by Crippen LogP contribution is -2.41. The highest BCUT2D eigenvalue weighted by Crippen LogP contribution is 2.37. The molecule has 1 aliphatic carbocycles. The molecule has 2 atom stereocenters. The summed E-state index contributed by atoms with van der Waals surface area (Å²) in [6.07, 6.45) is 0.977. The first-order chi connectivity index (χ1) is 9.97. The summed E-state index contributed by atoms with van der Waals surface area (Å²) in [5.41, 5.74) is 0.150. The zero-order valence-electron chi connectivity index (χ0n) is 11.7. The van der Waals surface area contributed by atoms with Gasteiger partial charge in [-0.25, -0.2) is 4.39 Å². The van der Waals surface area contributed by atoms with Crippen LogP contribution in [0.2, 0.25) is 0 Å². The van der Waals surface area contributed by atoms with Gasteiger partial charge >= 0.3 is 5.97 Å². The number of benzene rings is 1. The van der Waals surface area contributed by atoms with E-state index in [4.69, 9.17) is 14.6 Å². The van der Waals surface area contributed by atoms with E-state index >= 15 is 0 Å². The van der Waals surface area contributed by atoms with Gasteiger partial charge in [-0.15, -0.1) is 0 Å². The molecule has 0 aliphatic heterocycles. The Kier molecular flexibility index (Phi) is 4.30. The van der Waals surface area contributed by atoms with Gasteiger partial charge in [-0.3, -0.25) is 9.59 Å². The van der Waals surface area contributed by atoms with E-state index < -0.39 is 29.5 Å². The van der Waals surface area contributed by atoms with E-state index in [9.17, 15) is 14.0 Å². The highest BCUT2D eigenvalue weighted by atomic mass is 19.1. The molecular weight excluding hydrogens is 281 g/mol. The fraction of sp³-hybridized carbons (Fsp3) is 0.429. The van der Waals surface area contributed by atoms with Crippen LogP contribution in [0.25, 0.3) is 0 Å². The molecule has 0 aromatic heterocycles. The number of rotatable bonds is 5. The molecule has 2 unspecified atom stereocenters. The minimum atomic E-state index is -0.991. The smallest absolute Gasteiger partial charge is 0.307 e. The Morgan fingerprint density at radius 3 is 2.29 bits per heavy atom. The molecule has 0 saturated heterocycles. The summed E-state index contributed by atoms with van der Waals surface area (Å²) in [5.74, 6) is -3.12. The van der Waals surface area contributed by atoms with Crippen molar-refractivity contribution in [2.45, 2.75) is 12.8 Å². The number of anilines is 1. The predicted molar refractivity (Wildman–Crippen MR) is 72.0 cm³/mol. The summed E-state index contributed by atoms with van der Waals surface area (Å²) in [6.45, 7) is 0. The molecule has 1 fully saturated rings. The monoisotopic (exact) mass is 297 g/mol. The number of carboxylic acids is 1. The average molecular weight is 297 g/mol. The zero-order valence-corrected chi connectivity index (χ0v) is 11.7. The zero-order chi connectivity index (χ0) is 15.6. The van der Waals surface area contributed by atoms with E-state index in [0.29, 0.717) is 12.8 Å². The standard InChI is InChI=1S/C14H16FNO5/c1-20-11-6-12(21-2)10(5-9(11)15)16-13(17)7-3-4-8(7)14(18)19/h5-8H,3-4H2,1-2H3,(H,16,17)(H,18,19). The van der Waals surface area contributed by atoms with Crippen molar-refractivity contribution in [1.82, 2.24) is 0 Å². The Balaban J connectivity index is 2.17. The van der Waals surface area contributed by atoms with Gasteiger partial charge in [0.2, 0.25) is 5.91 Å². The lowest BCUT2D eigenvalue weighted by molar-refractivity contribution is -0.151. The summed E-state index contributed by atoms with van der Waals surface area (Å²) in [6, 6.07) is 2.41. The van der Waals surface area contributed by atoms with Crippen molar-refractivity contribution in [3.63, 3.8) is 0 Å². The molecule has 1 aromatic carbocycles. The van der Waals surface area contributed by atoms with E-state index in [2.05, 4.69) is 5.32 Å². The van der Waals surface area contributed by atoms with Crippen molar-refractivity contribution in [3.8, 4) is 11.5 Å². The highest BCUT2D eigenvalue weighted by Gasteiger charge is 2.41. The summed E-state index contributed by atoms with van der Waals surface area (Å²) in [5, 5.41) is 11.5. The Hall–Kier alpha value is -2.31. The van der Waals surface area contributed by atoms with Crippen molar-refractivity contribution in [1.29, 1.82) is 0 Å². The molecule has 1 saturated carbocycles. The first-order valence-corrected chi connectivity index (χ1v) is 6.43. The van der Waals surface area contributed by atoms with Crippen LogP contribution >= 0.6 is 0 Å². The molecule has 6 nitrogen and oxygen atoms in total. The van der Waals surface area contributed by atoms with Gasteiger partial charge < -0.3 is 19.9 Å². The summed E-state index contributed by atoms with van der Waals surface area (Å²) >= 11 is 0. The number of carbonyl (C=O) groups excluding carboxylic acids is 1. The number of hydrogen-bond acceptors (Lipinski definition) is 4. The molecule has 2 N–H and O–H groups in total. The molecular formula is C14H16FNO5. The molecule has 7 heteroatoms. The molecule has 0 radical (unpaired) electrons. The van der Waals surface area contributed by atoms with Crippen molar-refractivity contribution in [2.24, 2.45) is 11.8 Å². The summed E-state index contributed by atoms with van der Waals surface area (Å²) in [4.78, 5) is 23.0. The highest BCUT2D eigenvalue weighted by molar-refractivity contribution is 5.97. The number of hydrogen-bond donors (Lipinski definition) is 2. The Bertz CT molecular complexity index is 575.